The van der Waals surface area contributed by atoms with Crippen LogP contribution in [0, 0.1) is 5.92 Å². The fourth-order valence-electron chi connectivity index (χ4n) is 1.77. The molecule has 1 N–H and O–H groups in total. The van der Waals surface area contributed by atoms with Gasteiger partial charge in [-0.15, -0.1) is 0 Å². The SMILES string of the molecule is CN(C)CCNCCC1CCSCC1. The number of likely N-dealkylation sites (N-methyl/N-ethyl adjacent to an activating group) is 1. The molecule has 0 aliphatic carbocycles. The number of hydrogen-bond acceptors (Lipinski definition) is 3. The second-order valence-electron chi connectivity index (χ2n) is 4.40. The van der Waals surface area contributed by atoms with Gasteiger partial charge in [0.25, 0.3) is 0 Å². The summed E-state index contributed by atoms with van der Waals surface area (Å²) in [5.41, 5.74) is 0. The maximum atomic E-state index is 3.52. The van der Waals surface area contributed by atoms with Crippen LogP contribution in [0.5, 0.6) is 0 Å². The Balaban J connectivity index is 1.87. The van der Waals surface area contributed by atoms with Crippen molar-refractivity contribution in [3.05, 3.63) is 0 Å². The molecule has 1 fully saturated rings. The quantitative estimate of drug-likeness (QED) is 0.680. The summed E-state index contributed by atoms with van der Waals surface area (Å²) >= 11 is 2.12. The van der Waals surface area contributed by atoms with Crippen molar-refractivity contribution in [2.45, 2.75) is 19.3 Å². The molecule has 0 spiro atoms. The first-order valence-corrected chi connectivity index (χ1v) is 6.87. The molecule has 0 atom stereocenters. The lowest BCUT2D eigenvalue weighted by Gasteiger charge is -2.21. The van der Waals surface area contributed by atoms with Crippen molar-refractivity contribution in [1.82, 2.24) is 10.2 Å². The molecule has 3 heteroatoms. The fourth-order valence-corrected chi connectivity index (χ4v) is 2.97. The van der Waals surface area contributed by atoms with Gasteiger partial charge in [0.15, 0.2) is 0 Å². The van der Waals surface area contributed by atoms with Crippen molar-refractivity contribution in [2.75, 3.05) is 45.2 Å². The monoisotopic (exact) mass is 216 g/mol. The summed E-state index contributed by atoms with van der Waals surface area (Å²) in [5.74, 6) is 3.79. The van der Waals surface area contributed by atoms with E-state index in [1.165, 1.54) is 37.3 Å². The average molecular weight is 216 g/mol. The van der Waals surface area contributed by atoms with Crippen LogP contribution in [0.3, 0.4) is 0 Å². The van der Waals surface area contributed by atoms with Crippen molar-refractivity contribution < 1.29 is 0 Å². The smallest absolute Gasteiger partial charge is 0.0101 e. The topological polar surface area (TPSA) is 15.3 Å². The van der Waals surface area contributed by atoms with Gasteiger partial charge in [-0.2, -0.15) is 11.8 Å². The zero-order valence-corrected chi connectivity index (χ0v) is 10.4. The third kappa shape index (κ3) is 5.89. The molecule has 1 aliphatic rings. The van der Waals surface area contributed by atoms with Gasteiger partial charge in [0.05, 0.1) is 0 Å². The molecule has 14 heavy (non-hydrogen) atoms. The standard InChI is InChI=1S/C11H24N2S/c1-13(2)8-7-12-6-3-11-4-9-14-10-5-11/h11-12H,3-10H2,1-2H3. The van der Waals surface area contributed by atoms with E-state index in [0.29, 0.717) is 0 Å². The van der Waals surface area contributed by atoms with Crippen molar-refractivity contribution in [3.8, 4) is 0 Å². The molecule has 0 aromatic rings. The average Bonchev–Trinajstić information content (AvgIpc) is 2.18. The normalized spacial score (nSPS) is 19.1. The predicted octanol–water partition coefficient (Wildman–Crippen LogP) is 1.67. The molecule has 1 rings (SSSR count). The van der Waals surface area contributed by atoms with E-state index >= 15 is 0 Å². The highest BCUT2D eigenvalue weighted by atomic mass is 32.2. The van der Waals surface area contributed by atoms with E-state index in [9.17, 15) is 0 Å². The van der Waals surface area contributed by atoms with Crippen LogP contribution >= 0.6 is 11.8 Å². The van der Waals surface area contributed by atoms with Crippen LogP contribution in [-0.4, -0.2) is 50.1 Å². The molecule has 0 aromatic carbocycles. The van der Waals surface area contributed by atoms with Crippen LogP contribution in [-0.2, 0) is 0 Å². The first kappa shape index (κ1) is 12.3. The Hall–Kier alpha value is 0.270. The predicted molar refractivity (Wildman–Crippen MR) is 66.1 cm³/mol. The van der Waals surface area contributed by atoms with Gasteiger partial charge in [-0.3, -0.25) is 0 Å². The second-order valence-corrected chi connectivity index (χ2v) is 5.62. The molecule has 0 aromatic heterocycles. The lowest BCUT2D eigenvalue weighted by Crippen LogP contribution is -2.28. The van der Waals surface area contributed by atoms with E-state index in [-0.39, 0.29) is 0 Å². The molecular formula is C11H24N2S. The van der Waals surface area contributed by atoms with Crippen LogP contribution < -0.4 is 5.32 Å². The molecule has 84 valence electrons. The van der Waals surface area contributed by atoms with Gasteiger partial charge in [0.2, 0.25) is 0 Å². The maximum Gasteiger partial charge on any atom is 0.0101 e. The molecule has 0 saturated carbocycles. The molecule has 1 heterocycles. The Morgan fingerprint density at radius 2 is 1.93 bits per heavy atom. The fraction of sp³-hybridized carbons (Fsp3) is 1.00. The first-order valence-electron chi connectivity index (χ1n) is 5.72. The van der Waals surface area contributed by atoms with E-state index in [1.54, 1.807) is 0 Å². The zero-order chi connectivity index (χ0) is 10.2. The Morgan fingerprint density at radius 3 is 2.57 bits per heavy atom. The summed E-state index contributed by atoms with van der Waals surface area (Å²) in [6, 6.07) is 0. The molecule has 0 unspecified atom stereocenters. The number of nitrogens with one attached hydrogen (secondary N) is 1. The third-order valence-electron chi connectivity index (χ3n) is 2.81. The van der Waals surface area contributed by atoms with Crippen LogP contribution in [0.4, 0.5) is 0 Å². The van der Waals surface area contributed by atoms with E-state index < -0.39 is 0 Å². The Labute approximate surface area is 92.8 Å². The van der Waals surface area contributed by atoms with Gasteiger partial charge < -0.3 is 10.2 Å². The molecular weight excluding hydrogens is 192 g/mol. The maximum absolute atomic E-state index is 3.52. The van der Waals surface area contributed by atoms with Crippen molar-refractivity contribution in [3.63, 3.8) is 0 Å². The van der Waals surface area contributed by atoms with Gasteiger partial charge in [0, 0.05) is 13.1 Å². The van der Waals surface area contributed by atoms with Crippen LogP contribution in [0.1, 0.15) is 19.3 Å². The van der Waals surface area contributed by atoms with E-state index in [0.717, 1.165) is 19.0 Å². The van der Waals surface area contributed by atoms with Gasteiger partial charge in [-0.1, -0.05) is 0 Å². The van der Waals surface area contributed by atoms with Gasteiger partial charge >= 0.3 is 0 Å². The van der Waals surface area contributed by atoms with E-state index in [2.05, 4.69) is 36.1 Å². The Morgan fingerprint density at radius 1 is 1.21 bits per heavy atom. The number of thioether (sulfide) groups is 1. The Bertz CT molecular complexity index is 133. The molecule has 1 saturated heterocycles. The number of nitrogens with zero attached hydrogens (tertiary/aromatic N) is 1. The van der Waals surface area contributed by atoms with Gasteiger partial charge in [-0.25, -0.2) is 0 Å². The number of rotatable bonds is 6. The highest BCUT2D eigenvalue weighted by Gasteiger charge is 2.12. The minimum atomic E-state index is 1.00. The van der Waals surface area contributed by atoms with Crippen molar-refractivity contribution in [1.29, 1.82) is 0 Å². The number of hydrogen-bond donors (Lipinski definition) is 1. The summed E-state index contributed by atoms with van der Waals surface area (Å²) in [4.78, 5) is 2.23. The summed E-state index contributed by atoms with van der Waals surface area (Å²) in [6.45, 7) is 3.50. The highest BCUT2D eigenvalue weighted by molar-refractivity contribution is 7.99. The van der Waals surface area contributed by atoms with Gasteiger partial charge in [0.1, 0.15) is 0 Å². The summed E-state index contributed by atoms with van der Waals surface area (Å²) < 4.78 is 0. The molecule has 0 amide bonds. The largest absolute Gasteiger partial charge is 0.315 e. The van der Waals surface area contributed by atoms with Crippen LogP contribution in [0.2, 0.25) is 0 Å². The third-order valence-corrected chi connectivity index (χ3v) is 3.85. The van der Waals surface area contributed by atoms with E-state index in [1.807, 2.05) is 0 Å². The Kier molecular flexibility index (Phi) is 6.65. The molecule has 0 radical (unpaired) electrons. The van der Waals surface area contributed by atoms with Crippen molar-refractivity contribution in [2.24, 2.45) is 5.92 Å². The summed E-state index contributed by atoms with van der Waals surface area (Å²) in [5, 5.41) is 3.52. The lowest BCUT2D eigenvalue weighted by molar-refractivity contribution is 0.386. The van der Waals surface area contributed by atoms with Gasteiger partial charge in [-0.05, 0) is 57.3 Å². The molecule has 1 aliphatic heterocycles. The minimum Gasteiger partial charge on any atom is -0.315 e. The summed E-state index contributed by atoms with van der Waals surface area (Å²) in [6.07, 6.45) is 4.27. The first-order chi connectivity index (χ1) is 6.79. The van der Waals surface area contributed by atoms with Crippen LogP contribution in [0.25, 0.3) is 0 Å². The second kappa shape index (κ2) is 7.55. The van der Waals surface area contributed by atoms with Crippen molar-refractivity contribution >= 4 is 11.8 Å². The van der Waals surface area contributed by atoms with E-state index in [4.69, 9.17) is 0 Å². The highest BCUT2D eigenvalue weighted by Crippen LogP contribution is 2.24. The molecule has 0 bridgehead atoms. The zero-order valence-electron chi connectivity index (χ0n) is 9.59. The summed E-state index contributed by atoms with van der Waals surface area (Å²) in [7, 11) is 4.25. The molecule has 2 nitrogen and oxygen atoms in total. The van der Waals surface area contributed by atoms with Crippen LogP contribution in [0.15, 0.2) is 0 Å². The minimum absolute atomic E-state index is 1.00. The lowest BCUT2D eigenvalue weighted by atomic mass is 9.99.